The van der Waals surface area contributed by atoms with Gasteiger partial charge in [0, 0.05) is 18.0 Å². The van der Waals surface area contributed by atoms with Gasteiger partial charge in [0.1, 0.15) is 5.78 Å². The van der Waals surface area contributed by atoms with Gasteiger partial charge in [-0.15, -0.1) is 0 Å². The van der Waals surface area contributed by atoms with E-state index < -0.39 is 0 Å². The number of Topliss-reactive ketones (excluding diaryl/α,β-unsaturated/α-hetero) is 1. The van der Waals surface area contributed by atoms with E-state index in [1.807, 2.05) is 25.1 Å². The van der Waals surface area contributed by atoms with Crippen LogP contribution >= 0.6 is 0 Å². The molecule has 6 nitrogen and oxygen atoms in total. The zero-order valence-corrected chi connectivity index (χ0v) is 11.8. The zero-order valence-electron chi connectivity index (χ0n) is 11.8. The highest BCUT2D eigenvalue weighted by Gasteiger charge is 2.22. The molecule has 21 heavy (non-hydrogen) atoms. The van der Waals surface area contributed by atoms with Gasteiger partial charge in [-0.2, -0.15) is 4.98 Å². The van der Waals surface area contributed by atoms with Crippen LogP contribution in [0.1, 0.15) is 32.1 Å². The van der Waals surface area contributed by atoms with Crippen LogP contribution in [-0.2, 0) is 4.79 Å². The molecule has 0 amide bonds. The third kappa shape index (κ3) is 2.52. The molecule has 0 saturated heterocycles. The Hall–Kier alpha value is -2.63. The summed E-state index contributed by atoms with van der Waals surface area (Å²) >= 11 is 0. The Balaban J connectivity index is 1.99. The average molecular weight is 282 g/mol. The minimum Gasteiger partial charge on any atom is -0.338 e. The number of hydrogen-bond donors (Lipinski definition) is 0. The van der Waals surface area contributed by atoms with Gasteiger partial charge in [0.15, 0.2) is 0 Å². The van der Waals surface area contributed by atoms with Crippen LogP contribution in [0.5, 0.6) is 0 Å². The van der Waals surface area contributed by atoms with E-state index in [4.69, 9.17) is 4.52 Å². The smallest absolute Gasteiger partial charge is 0.237 e. The molecule has 0 N–H and O–H groups in total. The maximum Gasteiger partial charge on any atom is 0.237 e. The van der Waals surface area contributed by atoms with Gasteiger partial charge >= 0.3 is 0 Å². The molecule has 0 aliphatic carbocycles. The number of fused-ring (bicyclic) bond motifs is 1. The first kappa shape index (κ1) is 13.4. The monoisotopic (exact) mass is 282 g/mol. The zero-order chi connectivity index (χ0) is 14.8. The standard InChI is InChI=1S/C15H14N4O2/c1-3-11(9(2)20)15-18-14(19-21-15)10-4-5-12-13(8-10)17-7-6-16-12/h4-8,11H,3H2,1-2H3. The lowest BCUT2D eigenvalue weighted by Gasteiger charge is -2.03. The van der Waals surface area contributed by atoms with Crippen molar-refractivity contribution < 1.29 is 9.32 Å². The topological polar surface area (TPSA) is 81.8 Å². The maximum absolute atomic E-state index is 11.5. The second-order valence-electron chi connectivity index (χ2n) is 4.79. The molecule has 0 spiro atoms. The number of carbonyl (C=O) groups is 1. The molecule has 106 valence electrons. The van der Waals surface area contributed by atoms with Gasteiger partial charge in [-0.1, -0.05) is 12.1 Å². The SMILES string of the molecule is CCC(C(C)=O)c1nc(-c2ccc3nccnc3c2)no1. The van der Waals surface area contributed by atoms with E-state index in [1.54, 1.807) is 12.4 Å². The Morgan fingerprint density at radius 2 is 2.00 bits per heavy atom. The minimum atomic E-state index is -0.341. The molecule has 0 aliphatic heterocycles. The number of benzene rings is 1. The van der Waals surface area contributed by atoms with Gasteiger partial charge < -0.3 is 4.52 Å². The number of hydrogen-bond acceptors (Lipinski definition) is 6. The summed E-state index contributed by atoms with van der Waals surface area (Å²) in [5.41, 5.74) is 2.36. The molecule has 3 rings (SSSR count). The summed E-state index contributed by atoms with van der Waals surface area (Å²) in [5.74, 6) is 0.500. The normalized spacial score (nSPS) is 12.5. The molecule has 3 aromatic rings. The Kier molecular flexibility index (Phi) is 3.43. The molecule has 2 aromatic heterocycles. The number of nitrogens with zero attached hydrogens (tertiary/aromatic N) is 4. The summed E-state index contributed by atoms with van der Waals surface area (Å²) in [7, 11) is 0. The second kappa shape index (κ2) is 5.40. The molecule has 1 aromatic carbocycles. The third-order valence-corrected chi connectivity index (χ3v) is 3.37. The van der Waals surface area contributed by atoms with Gasteiger partial charge in [-0.25, -0.2) is 0 Å². The van der Waals surface area contributed by atoms with E-state index in [9.17, 15) is 4.79 Å². The number of carbonyl (C=O) groups excluding carboxylic acids is 1. The maximum atomic E-state index is 11.5. The molecule has 0 saturated carbocycles. The Morgan fingerprint density at radius 1 is 1.24 bits per heavy atom. The first-order valence-corrected chi connectivity index (χ1v) is 6.74. The van der Waals surface area contributed by atoms with Crippen molar-refractivity contribution in [2.24, 2.45) is 0 Å². The van der Waals surface area contributed by atoms with E-state index in [1.165, 1.54) is 6.92 Å². The molecular weight excluding hydrogens is 268 g/mol. The number of ketones is 1. The Bertz CT molecular complexity index is 797. The summed E-state index contributed by atoms with van der Waals surface area (Å²) in [6, 6.07) is 5.57. The van der Waals surface area contributed by atoms with Crippen LogP contribution in [0.4, 0.5) is 0 Å². The lowest BCUT2D eigenvalue weighted by Crippen LogP contribution is -2.07. The first-order chi connectivity index (χ1) is 10.2. The predicted octanol–water partition coefficient (Wildman–Crippen LogP) is 2.76. The quantitative estimate of drug-likeness (QED) is 0.731. The summed E-state index contributed by atoms with van der Waals surface area (Å²) in [5, 5.41) is 3.96. The predicted molar refractivity (Wildman–Crippen MR) is 76.5 cm³/mol. The van der Waals surface area contributed by atoms with Gasteiger partial charge in [0.2, 0.25) is 11.7 Å². The summed E-state index contributed by atoms with van der Waals surface area (Å²) in [6.45, 7) is 3.45. The van der Waals surface area contributed by atoms with Crippen LogP contribution in [0, 0.1) is 0 Å². The van der Waals surface area contributed by atoms with Crippen LogP contribution in [-0.4, -0.2) is 25.9 Å². The van der Waals surface area contributed by atoms with Crippen LogP contribution in [0.3, 0.4) is 0 Å². The van der Waals surface area contributed by atoms with E-state index in [0.29, 0.717) is 18.1 Å². The second-order valence-corrected chi connectivity index (χ2v) is 4.79. The van der Waals surface area contributed by atoms with Gasteiger partial charge in [0.25, 0.3) is 0 Å². The van der Waals surface area contributed by atoms with Crippen molar-refractivity contribution in [3.8, 4) is 11.4 Å². The van der Waals surface area contributed by atoms with Crippen molar-refractivity contribution in [3.05, 3.63) is 36.5 Å². The van der Waals surface area contributed by atoms with Crippen molar-refractivity contribution in [1.29, 1.82) is 0 Å². The highest BCUT2D eigenvalue weighted by atomic mass is 16.5. The molecule has 6 heteroatoms. The summed E-state index contributed by atoms with van der Waals surface area (Å²) in [6.07, 6.45) is 3.92. The molecule has 2 heterocycles. The van der Waals surface area contributed by atoms with Crippen molar-refractivity contribution in [3.63, 3.8) is 0 Å². The van der Waals surface area contributed by atoms with Gasteiger partial charge in [0.05, 0.1) is 17.0 Å². The van der Waals surface area contributed by atoms with Crippen molar-refractivity contribution in [2.45, 2.75) is 26.2 Å². The molecule has 1 unspecified atom stereocenters. The fourth-order valence-corrected chi connectivity index (χ4v) is 2.23. The van der Waals surface area contributed by atoms with E-state index in [-0.39, 0.29) is 11.7 Å². The van der Waals surface area contributed by atoms with Crippen molar-refractivity contribution >= 4 is 16.8 Å². The average Bonchev–Trinajstić information content (AvgIpc) is 2.96. The Labute approximate surface area is 121 Å². The fourth-order valence-electron chi connectivity index (χ4n) is 2.23. The largest absolute Gasteiger partial charge is 0.338 e. The highest BCUT2D eigenvalue weighted by molar-refractivity contribution is 5.82. The molecular formula is C15H14N4O2. The number of rotatable bonds is 4. The van der Waals surface area contributed by atoms with E-state index >= 15 is 0 Å². The third-order valence-electron chi connectivity index (χ3n) is 3.37. The minimum absolute atomic E-state index is 0.0251. The van der Waals surface area contributed by atoms with Crippen molar-refractivity contribution in [2.75, 3.05) is 0 Å². The lowest BCUT2D eigenvalue weighted by molar-refractivity contribution is -0.119. The lowest BCUT2D eigenvalue weighted by atomic mass is 10.0. The van der Waals surface area contributed by atoms with Gasteiger partial charge in [-0.05, 0) is 31.5 Å². The molecule has 0 fully saturated rings. The van der Waals surface area contributed by atoms with Crippen LogP contribution in [0.2, 0.25) is 0 Å². The van der Waals surface area contributed by atoms with Crippen LogP contribution < -0.4 is 0 Å². The van der Waals surface area contributed by atoms with Crippen molar-refractivity contribution in [1.82, 2.24) is 20.1 Å². The van der Waals surface area contributed by atoms with Crippen LogP contribution in [0.15, 0.2) is 35.1 Å². The Morgan fingerprint density at radius 3 is 2.71 bits per heavy atom. The molecule has 0 bridgehead atoms. The summed E-state index contributed by atoms with van der Waals surface area (Å²) in [4.78, 5) is 24.3. The highest BCUT2D eigenvalue weighted by Crippen LogP contribution is 2.24. The van der Waals surface area contributed by atoms with E-state index in [0.717, 1.165) is 16.6 Å². The van der Waals surface area contributed by atoms with Gasteiger partial charge in [-0.3, -0.25) is 14.8 Å². The van der Waals surface area contributed by atoms with Crippen LogP contribution in [0.25, 0.3) is 22.4 Å². The molecule has 0 aliphatic rings. The fraction of sp³-hybridized carbons (Fsp3) is 0.267. The number of aromatic nitrogens is 4. The van der Waals surface area contributed by atoms with E-state index in [2.05, 4.69) is 20.1 Å². The first-order valence-electron chi connectivity index (χ1n) is 6.74. The molecule has 0 radical (unpaired) electrons. The summed E-state index contributed by atoms with van der Waals surface area (Å²) < 4.78 is 5.23. The molecule has 1 atom stereocenters.